The van der Waals surface area contributed by atoms with E-state index in [1.54, 1.807) is 21.6 Å². The molecule has 13 heteroatoms. The smallest absolute Gasteiger partial charge is 0.306 e. The molecule has 0 fully saturated rings. The lowest BCUT2D eigenvalue weighted by Gasteiger charge is -2.18. The van der Waals surface area contributed by atoms with Crippen molar-refractivity contribution in [3.63, 3.8) is 0 Å². The Hall–Kier alpha value is -2.51. The van der Waals surface area contributed by atoms with Crippen LogP contribution in [0.25, 0.3) is 0 Å². The van der Waals surface area contributed by atoms with Gasteiger partial charge >= 0.3 is 17.9 Å². The zero-order chi connectivity index (χ0) is 51.0. The fourth-order valence-electron chi connectivity index (χ4n) is 6.36. The van der Waals surface area contributed by atoms with Crippen LogP contribution in [0.5, 0.6) is 0 Å². The van der Waals surface area contributed by atoms with Crippen LogP contribution in [0.15, 0.2) is 24.3 Å². The molecule has 400 valence electrons. The molecule has 11 nitrogen and oxygen atoms in total. The van der Waals surface area contributed by atoms with Gasteiger partial charge < -0.3 is 30.6 Å². The summed E-state index contributed by atoms with van der Waals surface area (Å²) in [5, 5.41) is 5.64. The number of hydrogen-bond donors (Lipinski definition) is 3. The molecule has 68 heavy (non-hydrogen) atoms. The molecule has 0 aromatic rings. The SMILES string of the molecule is C/C=C\CCCCCCCC(=O)OCC(COC(=O)CCC(=O)NCCSSCCNC(=O)C(N)CCCC)OC(=O)CCCCCCC/C=C\CCCCCCCC.CCCC.CCCCC. The molecular formula is C55H105N3O8S2. The Bertz CT molecular complexity index is 1200. The monoisotopic (exact) mass is 1000 g/mol. The molecule has 0 spiro atoms. The molecular weight excluding hydrogens is 895 g/mol. The molecule has 0 bridgehead atoms. The van der Waals surface area contributed by atoms with Crippen molar-refractivity contribution in [2.45, 2.75) is 260 Å². The van der Waals surface area contributed by atoms with Gasteiger partial charge in [-0.1, -0.05) is 203 Å². The second kappa shape index (κ2) is 58.8. The van der Waals surface area contributed by atoms with Gasteiger partial charge in [0.2, 0.25) is 11.8 Å². The lowest BCUT2D eigenvalue weighted by Crippen LogP contribution is -2.41. The third-order valence-corrected chi connectivity index (χ3v) is 13.2. The highest BCUT2D eigenvalue weighted by Crippen LogP contribution is 2.19. The van der Waals surface area contributed by atoms with E-state index < -0.39 is 24.1 Å². The molecule has 2 amide bonds. The first-order valence-corrected chi connectivity index (χ1v) is 29.9. The van der Waals surface area contributed by atoms with E-state index in [0.717, 1.165) is 89.2 Å². The van der Waals surface area contributed by atoms with Crippen molar-refractivity contribution < 1.29 is 38.2 Å². The van der Waals surface area contributed by atoms with Crippen LogP contribution in [0, 0.1) is 0 Å². The van der Waals surface area contributed by atoms with Crippen LogP contribution in [0.4, 0.5) is 0 Å². The van der Waals surface area contributed by atoms with E-state index in [0.29, 0.717) is 31.7 Å². The first-order valence-electron chi connectivity index (χ1n) is 27.4. The highest BCUT2D eigenvalue weighted by atomic mass is 33.1. The maximum absolute atomic E-state index is 12.7. The normalized spacial score (nSPS) is 11.8. The summed E-state index contributed by atoms with van der Waals surface area (Å²) < 4.78 is 16.4. The van der Waals surface area contributed by atoms with Crippen molar-refractivity contribution in [1.29, 1.82) is 0 Å². The fourth-order valence-corrected chi connectivity index (χ4v) is 8.17. The van der Waals surface area contributed by atoms with Gasteiger partial charge in [-0.3, -0.25) is 24.0 Å². The van der Waals surface area contributed by atoms with Gasteiger partial charge in [0.1, 0.15) is 13.2 Å². The van der Waals surface area contributed by atoms with E-state index in [1.165, 1.54) is 77.0 Å². The molecule has 0 saturated carbocycles. The Kier molecular flexibility index (Phi) is 60.3. The van der Waals surface area contributed by atoms with Crippen LogP contribution in [0.1, 0.15) is 248 Å². The van der Waals surface area contributed by atoms with Gasteiger partial charge in [-0.2, -0.15) is 0 Å². The molecule has 0 aromatic carbocycles. The maximum atomic E-state index is 12.7. The lowest BCUT2D eigenvalue weighted by molar-refractivity contribution is -0.167. The zero-order valence-corrected chi connectivity index (χ0v) is 46.4. The molecule has 0 aliphatic heterocycles. The van der Waals surface area contributed by atoms with Crippen molar-refractivity contribution in [3.8, 4) is 0 Å². The Balaban J connectivity index is -0.00000426. The summed E-state index contributed by atoms with van der Waals surface area (Å²) in [5.41, 5.74) is 5.88. The van der Waals surface area contributed by atoms with Gasteiger partial charge in [0.25, 0.3) is 0 Å². The number of ether oxygens (including phenoxy) is 3. The number of nitrogens with two attached hydrogens (primary N) is 1. The molecule has 0 aromatic heterocycles. The topological polar surface area (TPSA) is 163 Å². The summed E-state index contributed by atoms with van der Waals surface area (Å²) in [5.74, 6) is -0.375. The van der Waals surface area contributed by atoms with Gasteiger partial charge in [-0.25, -0.2) is 0 Å². The molecule has 0 rings (SSSR count). The van der Waals surface area contributed by atoms with Crippen molar-refractivity contribution >= 4 is 51.3 Å². The Morgan fingerprint density at radius 3 is 1.41 bits per heavy atom. The highest BCUT2D eigenvalue weighted by Gasteiger charge is 2.20. The molecule has 0 aliphatic rings. The van der Waals surface area contributed by atoms with Crippen molar-refractivity contribution in [2.75, 3.05) is 37.8 Å². The molecule has 2 unspecified atom stereocenters. The minimum atomic E-state index is -0.917. The second-order valence-electron chi connectivity index (χ2n) is 17.6. The van der Waals surface area contributed by atoms with Crippen LogP contribution < -0.4 is 16.4 Å². The van der Waals surface area contributed by atoms with Crippen LogP contribution in [-0.2, 0) is 38.2 Å². The number of carbonyl (C=O) groups excluding carboxylic acids is 5. The first kappa shape index (κ1) is 69.7. The van der Waals surface area contributed by atoms with E-state index in [2.05, 4.69) is 76.5 Å². The summed E-state index contributed by atoms with van der Waals surface area (Å²) in [4.78, 5) is 61.9. The summed E-state index contributed by atoms with van der Waals surface area (Å²) in [6, 6.07) is -0.464. The third kappa shape index (κ3) is 57.8. The summed E-state index contributed by atoms with van der Waals surface area (Å²) >= 11 is 0. The second-order valence-corrected chi connectivity index (χ2v) is 20.3. The van der Waals surface area contributed by atoms with E-state index in [9.17, 15) is 24.0 Å². The largest absolute Gasteiger partial charge is 0.462 e. The van der Waals surface area contributed by atoms with Gasteiger partial charge in [-0.15, -0.1) is 0 Å². The molecule has 0 radical (unpaired) electrons. The Morgan fingerprint density at radius 2 is 0.926 bits per heavy atom. The summed E-state index contributed by atoms with van der Waals surface area (Å²) in [6.07, 6.45) is 38.8. The predicted octanol–water partition coefficient (Wildman–Crippen LogP) is 14.2. The molecule has 4 N–H and O–H groups in total. The number of amides is 2. The van der Waals surface area contributed by atoms with Gasteiger partial charge in [0, 0.05) is 43.9 Å². The average molecular weight is 1000 g/mol. The van der Waals surface area contributed by atoms with Crippen molar-refractivity contribution in [3.05, 3.63) is 24.3 Å². The van der Waals surface area contributed by atoms with Crippen LogP contribution in [0.3, 0.4) is 0 Å². The standard InChI is InChI=1S/C46H83N3O8S2.C5H12.C4H10/c1-4-7-10-12-14-16-17-18-19-20-21-22-24-26-28-31-45(53)57-40(38-55-43(51)30-27-25-23-15-13-11-8-5-2)39-56-44(52)33-32-42(50)48-34-36-58-59-37-35-49-46(54)41(47)29-9-6-3;1-3-5-4-2;1-3-4-2/h5,8,18-19,40-41H,4,6-7,9-17,20-39,47H2,1-3H3,(H,48,50)(H,49,54);3-5H2,1-2H3;3-4H2,1-2H3/b8-5-,19-18-;;. The highest BCUT2D eigenvalue weighted by molar-refractivity contribution is 8.76. The lowest BCUT2D eigenvalue weighted by atomic mass is 10.1. The number of esters is 3. The average Bonchev–Trinajstić information content (AvgIpc) is 3.34. The van der Waals surface area contributed by atoms with Crippen LogP contribution >= 0.6 is 21.6 Å². The number of unbranched alkanes of at least 4 members (excludes halogenated alkanes) is 20. The van der Waals surface area contributed by atoms with E-state index in [4.69, 9.17) is 19.9 Å². The molecule has 0 heterocycles. The Labute approximate surface area is 425 Å². The molecule has 2 atom stereocenters. The van der Waals surface area contributed by atoms with Gasteiger partial charge in [0.05, 0.1) is 12.5 Å². The maximum Gasteiger partial charge on any atom is 0.306 e. The minimum Gasteiger partial charge on any atom is -0.462 e. The number of hydrogen-bond acceptors (Lipinski definition) is 11. The first-order chi connectivity index (χ1) is 33.1. The predicted molar refractivity (Wildman–Crippen MR) is 292 cm³/mol. The fraction of sp³-hybridized carbons (Fsp3) is 0.836. The van der Waals surface area contributed by atoms with E-state index >= 15 is 0 Å². The quantitative estimate of drug-likeness (QED) is 0.0175. The zero-order valence-electron chi connectivity index (χ0n) is 44.8. The number of allylic oxidation sites excluding steroid dienone is 4. The van der Waals surface area contributed by atoms with Gasteiger partial charge in [0.15, 0.2) is 6.10 Å². The summed E-state index contributed by atoms with van der Waals surface area (Å²) in [7, 11) is 3.19. The minimum absolute atomic E-state index is 0.0365. The number of carbonyl (C=O) groups is 5. The third-order valence-electron chi connectivity index (χ3n) is 10.8. The summed E-state index contributed by atoms with van der Waals surface area (Å²) in [6.45, 7) is 15.6. The van der Waals surface area contributed by atoms with E-state index in [1.807, 2.05) is 6.92 Å². The van der Waals surface area contributed by atoms with Crippen molar-refractivity contribution in [1.82, 2.24) is 10.6 Å². The van der Waals surface area contributed by atoms with E-state index in [-0.39, 0.29) is 56.7 Å². The van der Waals surface area contributed by atoms with Crippen LogP contribution in [-0.4, -0.2) is 79.7 Å². The molecule has 0 saturated heterocycles. The Morgan fingerprint density at radius 1 is 0.485 bits per heavy atom. The number of nitrogens with one attached hydrogen (secondary N) is 2. The molecule has 0 aliphatic carbocycles. The van der Waals surface area contributed by atoms with Gasteiger partial charge in [-0.05, 0) is 64.7 Å². The number of rotatable bonds is 45. The van der Waals surface area contributed by atoms with Crippen LogP contribution in [0.2, 0.25) is 0 Å². The van der Waals surface area contributed by atoms with Crippen molar-refractivity contribution in [2.24, 2.45) is 5.73 Å².